The molecule has 0 atom stereocenters. The zero-order valence-electron chi connectivity index (χ0n) is 14.7. The average molecular weight is 421 g/mol. The molecule has 1 aliphatic rings. The second-order valence-electron chi connectivity index (χ2n) is 6.39. The van der Waals surface area contributed by atoms with Gasteiger partial charge in [0, 0.05) is 10.5 Å². The summed E-state index contributed by atoms with van der Waals surface area (Å²) in [6, 6.07) is 21.2. The van der Waals surface area contributed by atoms with Gasteiger partial charge in [0.05, 0.1) is 5.56 Å². The number of halogens is 1. The number of carbonyl (C=O) groups is 1. The average Bonchev–Trinajstić information content (AvgIpc) is 2.98. The normalized spacial score (nSPS) is 14.1. The molecule has 0 bridgehead atoms. The van der Waals surface area contributed by atoms with Gasteiger partial charge in [-0.3, -0.25) is 4.79 Å². The molecule has 3 aromatic carbocycles. The highest BCUT2D eigenvalue weighted by molar-refractivity contribution is 9.10. The lowest BCUT2D eigenvalue weighted by atomic mass is 10.1. The highest BCUT2D eigenvalue weighted by Crippen LogP contribution is 2.35. The van der Waals surface area contributed by atoms with Crippen LogP contribution < -0.4 is 9.47 Å². The van der Waals surface area contributed by atoms with Gasteiger partial charge in [-0.05, 0) is 42.3 Å². The van der Waals surface area contributed by atoms with E-state index in [1.165, 1.54) is 5.56 Å². The van der Waals surface area contributed by atoms with Crippen LogP contribution in [0.5, 0.6) is 11.5 Å². The third-order valence-electron chi connectivity index (χ3n) is 4.36. The predicted molar refractivity (Wildman–Crippen MR) is 109 cm³/mol. The summed E-state index contributed by atoms with van der Waals surface area (Å²) in [5.74, 6) is 1.39. The van der Waals surface area contributed by atoms with Crippen molar-refractivity contribution in [2.75, 3.05) is 0 Å². The molecule has 3 nitrogen and oxygen atoms in total. The minimum absolute atomic E-state index is 0.120. The molecule has 0 fully saturated rings. The van der Waals surface area contributed by atoms with Crippen LogP contribution in [0.1, 0.15) is 27.0 Å². The summed E-state index contributed by atoms with van der Waals surface area (Å²) in [7, 11) is 0. The number of ether oxygens (including phenoxy) is 2. The van der Waals surface area contributed by atoms with Crippen molar-refractivity contribution in [3.05, 3.63) is 99.2 Å². The highest BCUT2D eigenvalue weighted by atomic mass is 79.9. The smallest absolute Gasteiger partial charge is 0.231 e. The highest BCUT2D eigenvalue weighted by Gasteiger charge is 2.27. The maximum atomic E-state index is 12.6. The topological polar surface area (TPSA) is 35.5 Å². The van der Waals surface area contributed by atoms with Crippen LogP contribution in [0.15, 0.2) is 77.0 Å². The van der Waals surface area contributed by atoms with Crippen LogP contribution in [0.2, 0.25) is 0 Å². The summed E-state index contributed by atoms with van der Waals surface area (Å²) >= 11 is 3.49. The van der Waals surface area contributed by atoms with E-state index in [1.807, 2.05) is 36.4 Å². The third-order valence-corrected chi connectivity index (χ3v) is 5.08. The summed E-state index contributed by atoms with van der Waals surface area (Å²) < 4.78 is 12.6. The van der Waals surface area contributed by atoms with Crippen molar-refractivity contribution in [1.29, 1.82) is 0 Å². The standard InChI is InChI=1S/C23H17BrO3/c1-15-6-8-16(9-7-15)14-26-18-10-11-19-21(13-18)27-22(23(19)25)12-17-4-2-3-5-20(17)24/h2-13H,14H2,1H3/b22-12-. The molecule has 4 rings (SSSR count). The molecule has 0 aromatic heterocycles. The zero-order valence-corrected chi connectivity index (χ0v) is 16.3. The van der Waals surface area contributed by atoms with Gasteiger partial charge in [0.15, 0.2) is 5.76 Å². The van der Waals surface area contributed by atoms with E-state index in [2.05, 4.69) is 35.0 Å². The van der Waals surface area contributed by atoms with Gasteiger partial charge in [0.1, 0.15) is 18.1 Å². The van der Waals surface area contributed by atoms with Gasteiger partial charge < -0.3 is 9.47 Å². The number of rotatable bonds is 4. The number of hydrogen-bond acceptors (Lipinski definition) is 3. The fourth-order valence-corrected chi connectivity index (χ4v) is 3.24. The van der Waals surface area contributed by atoms with Crippen LogP contribution in [0, 0.1) is 6.92 Å². The number of fused-ring (bicyclic) bond motifs is 1. The van der Waals surface area contributed by atoms with Crippen LogP contribution in [-0.2, 0) is 6.61 Å². The van der Waals surface area contributed by atoms with Crippen molar-refractivity contribution in [2.45, 2.75) is 13.5 Å². The number of hydrogen-bond donors (Lipinski definition) is 0. The Balaban J connectivity index is 1.52. The molecule has 1 heterocycles. The quantitative estimate of drug-likeness (QED) is 0.488. The fraction of sp³-hybridized carbons (Fsp3) is 0.0870. The molecular formula is C23H17BrO3. The Morgan fingerprint density at radius 2 is 1.81 bits per heavy atom. The number of ketones is 1. The molecule has 4 heteroatoms. The van der Waals surface area contributed by atoms with Crippen molar-refractivity contribution in [2.24, 2.45) is 0 Å². The molecule has 134 valence electrons. The van der Waals surface area contributed by atoms with E-state index in [1.54, 1.807) is 24.3 Å². The largest absolute Gasteiger partial charge is 0.489 e. The Labute approximate surface area is 166 Å². The first-order valence-corrected chi connectivity index (χ1v) is 9.40. The number of benzene rings is 3. The third kappa shape index (κ3) is 3.81. The number of allylic oxidation sites excluding steroid dienone is 1. The molecule has 1 aliphatic heterocycles. The predicted octanol–water partition coefficient (Wildman–Crippen LogP) is 5.95. The Morgan fingerprint density at radius 3 is 2.59 bits per heavy atom. The van der Waals surface area contributed by atoms with Gasteiger partial charge in [-0.1, -0.05) is 64.0 Å². The molecule has 27 heavy (non-hydrogen) atoms. The Kier molecular flexibility index (Phi) is 4.82. The van der Waals surface area contributed by atoms with E-state index in [0.717, 1.165) is 15.6 Å². The first kappa shape index (κ1) is 17.6. The molecular weight excluding hydrogens is 404 g/mol. The zero-order chi connectivity index (χ0) is 18.8. The molecule has 0 radical (unpaired) electrons. The Bertz CT molecular complexity index is 1040. The summed E-state index contributed by atoms with van der Waals surface area (Å²) in [6.07, 6.45) is 1.75. The maximum absolute atomic E-state index is 12.6. The van der Waals surface area contributed by atoms with E-state index in [4.69, 9.17) is 9.47 Å². The Hall–Kier alpha value is -2.85. The first-order chi connectivity index (χ1) is 13.1. The molecule has 0 N–H and O–H groups in total. The fourth-order valence-electron chi connectivity index (χ4n) is 2.84. The first-order valence-electron chi connectivity index (χ1n) is 8.61. The van der Waals surface area contributed by atoms with E-state index < -0.39 is 0 Å². The summed E-state index contributed by atoms with van der Waals surface area (Å²) in [5, 5.41) is 0. The van der Waals surface area contributed by atoms with E-state index in [-0.39, 0.29) is 5.78 Å². The molecule has 3 aromatic rings. The number of Topliss-reactive ketones (excluding diaryl/α,β-unsaturated/α-hetero) is 1. The van der Waals surface area contributed by atoms with Crippen LogP contribution in [0.4, 0.5) is 0 Å². The summed E-state index contributed by atoms with van der Waals surface area (Å²) in [4.78, 5) is 12.6. The number of carbonyl (C=O) groups excluding carboxylic acids is 1. The van der Waals surface area contributed by atoms with Crippen LogP contribution in [0.25, 0.3) is 6.08 Å². The minimum Gasteiger partial charge on any atom is -0.489 e. The lowest BCUT2D eigenvalue weighted by Crippen LogP contribution is -1.98. The monoisotopic (exact) mass is 420 g/mol. The van der Waals surface area contributed by atoms with Crippen molar-refractivity contribution < 1.29 is 14.3 Å². The second kappa shape index (κ2) is 7.41. The lowest BCUT2D eigenvalue weighted by molar-refractivity contribution is 0.101. The van der Waals surface area contributed by atoms with Gasteiger partial charge in [0.2, 0.25) is 5.78 Å². The minimum atomic E-state index is -0.120. The number of aryl methyl sites for hydroxylation is 1. The van der Waals surface area contributed by atoms with Gasteiger partial charge in [-0.25, -0.2) is 0 Å². The van der Waals surface area contributed by atoms with Crippen LogP contribution in [-0.4, -0.2) is 5.78 Å². The van der Waals surface area contributed by atoms with E-state index in [9.17, 15) is 4.79 Å². The van der Waals surface area contributed by atoms with Crippen molar-refractivity contribution in [1.82, 2.24) is 0 Å². The molecule has 0 aliphatic carbocycles. The van der Waals surface area contributed by atoms with Gasteiger partial charge in [-0.15, -0.1) is 0 Å². The molecule has 0 saturated carbocycles. The molecule has 0 saturated heterocycles. The Morgan fingerprint density at radius 1 is 1.04 bits per heavy atom. The van der Waals surface area contributed by atoms with Gasteiger partial charge in [0.25, 0.3) is 0 Å². The van der Waals surface area contributed by atoms with E-state index in [0.29, 0.717) is 29.4 Å². The SMILES string of the molecule is Cc1ccc(COc2ccc3c(c2)O/C(=C\c2ccccc2Br)C3=O)cc1. The van der Waals surface area contributed by atoms with Crippen LogP contribution in [0.3, 0.4) is 0 Å². The molecule has 0 spiro atoms. The van der Waals surface area contributed by atoms with Crippen molar-refractivity contribution >= 4 is 27.8 Å². The molecule has 0 unspecified atom stereocenters. The van der Waals surface area contributed by atoms with Crippen LogP contribution >= 0.6 is 15.9 Å². The van der Waals surface area contributed by atoms with Crippen molar-refractivity contribution in [3.63, 3.8) is 0 Å². The van der Waals surface area contributed by atoms with Crippen molar-refractivity contribution in [3.8, 4) is 11.5 Å². The summed E-state index contributed by atoms with van der Waals surface area (Å²) in [6.45, 7) is 2.52. The molecule has 0 amide bonds. The summed E-state index contributed by atoms with van der Waals surface area (Å²) in [5.41, 5.74) is 3.75. The van der Waals surface area contributed by atoms with E-state index >= 15 is 0 Å². The lowest BCUT2D eigenvalue weighted by Gasteiger charge is -2.07. The second-order valence-corrected chi connectivity index (χ2v) is 7.25. The van der Waals surface area contributed by atoms with Gasteiger partial charge in [-0.2, -0.15) is 0 Å². The maximum Gasteiger partial charge on any atom is 0.231 e. The van der Waals surface area contributed by atoms with Gasteiger partial charge >= 0.3 is 0 Å².